The van der Waals surface area contributed by atoms with E-state index in [1.54, 1.807) is 24.3 Å². The Morgan fingerprint density at radius 1 is 0.741 bits per heavy atom. The Labute approximate surface area is 166 Å². The molecule has 0 aliphatic carbocycles. The molecule has 0 amide bonds. The Kier molecular flexibility index (Phi) is 126. The van der Waals surface area contributed by atoms with Gasteiger partial charge < -0.3 is 10.2 Å². The van der Waals surface area contributed by atoms with Gasteiger partial charge >= 0.3 is 5.97 Å². The maximum atomic E-state index is 10.3. The minimum absolute atomic E-state index is 0.125. The van der Waals surface area contributed by atoms with Crippen LogP contribution in [0.15, 0.2) is 109 Å². The second kappa shape index (κ2) is 77.7. The minimum Gasteiger partial charge on any atom is -0.394 e. The second-order valence-electron chi connectivity index (χ2n) is 2.42. The van der Waals surface area contributed by atoms with Gasteiger partial charge in [-0.15, -0.1) is 78.9 Å². The lowest BCUT2D eigenvalue weighted by Gasteiger charge is -1.99. The first-order chi connectivity index (χ1) is 13.2. The van der Waals surface area contributed by atoms with Crippen molar-refractivity contribution in [1.82, 2.24) is 0 Å². The van der Waals surface area contributed by atoms with Gasteiger partial charge in [0.1, 0.15) is 0 Å². The van der Waals surface area contributed by atoms with Crippen LogP contribution in [0.4, 0.5) is 0 Å². The molecule has 5 heteroatoms. The average Bonchev–Trinajstić information content (AvgIpc) is 2.81. The first-order valence-corrected chi connectivity index (χ1v) is 7.32. The van der Waals surface area contributed by atoms with Gasteiger partial charge in [0.2, 0.25) is 0 Å². The highest BCUT2D eigenvalue weighted by atomic mass is 17.2. The van der Waals surface area contributed by atoms with Crippen LogP contribution < -0.4 is 4.89 Å². The molecule has 27 heavy (non-hydrogen) atoms. The molecular formula is C22H38O5. The highest BCUT2D eigenvalue weighted by Gasteiger charge is 1.94. The van der Waals surface area contributed by atoms with Gasteiger partial charge in [0.25, 0.3) is 0 Å². The molecule has 0 bridgehead atoms. The van der Waals surface area contributed by atoms with E-state index in [1.165, 1.54) is 6.92 Å². The van der Waals surface area contributed by atoms with Crippen molar-refractivity contribution in [2.75, 3.05) is 13.2 Å². The van der Waals surface area contributed by atoms with E-state index in [0.717, 1.165) is 0 Å². The molecule has 0 radical (unpaired) electrons. The number of benzene rings is 1. The molecule has 0 saturated carbocycles. The summed E-state index contributed by atoms with van der Waals surface area (Å²) in [5.74, 6) is 0.0524. The van der Waals surface area contributed by atoms with Crippen LogP contribution >= 0.6 is 0 Å². The average molecular weight is 383 g/mol. The van der Waals surface area contributed by atoms with Gasteiger partial charge in [0.15, 0.2) is 5.75 Å². The van der Waals surface area contributed by atoms with Crippen LogP contribution in [0.1, 0.15) is 6.92 Å². The lowest BCUT2D eigenvalue weighted by molar-refractivity contribution is -0.210. The number of rotatable bonds is 3. The molecule has 2 N–H and O–H groups in total. The van der Waals surface area contributed by atoms with Gasteiger partial charge in [-0.05, 0) is 12.1 Å². The van der Waals surface area contributed by atoms with E-state index in [2.05, 4.69) is 88.7 Å². The predicted molar refractivity (Wildman–Crippen MR) is 121 cm³/mol. The van der Waals surface area contributed by atoms with Gasteiger partial charge in [-0.2, -0.15) is 0 Å². The quantitative estimate of drug-likeness (QED) is 0.420. The number of carbonyl (C=O) groups is 1. The normalized spacial score (nSPS) is 5.59. The number of carbonyl (C=O) groups excluding carboxylic acids is 1. The molecule has 0 aromatic heterocycles. The van der Waals surface area contributed by atoms with Crippen LogP contribution in [-0.2, 0) is 9.68 Å². The van der Waals surface area contributed by atoms with Crippen LogP contribution in [0.5, 0.6) is 5.75 Å². The largest absolute Gasteiger partial charge is 0.394 e. The SMILES string of the molecule is C=C.C=C.C=C.C=C.C=C.C=C.CC(=O)OOc1ccccc1.OCCO. The van der Waals surface area contributed by atoms with Crippen molar-refractivity contribution in [2.45, 2.75) is 6.92 Å². The maximum Gasteiger partial charge on any atom is 0.352 e. The molecule has 156 valence electrons. The lowest BCUT2D eigenvalue weighted by Crippen LogP contribution is -2.02. The summed E-state index contributed by atoms with van der Waals surface area (Å²) in [6, 6.07) is 8.82. The molecule has 0 saturated heterocycles. The van der Waals surface area contributed by atoms with Crippen molar-refractivity contribution in [3.8, 4) is 5.75 Å². The summed E-state index contributed by atoms with van der Waals surface area (Å²) in [5, 5.41) is 15.2. The van der Waals surface area contributed by atoms with Crippen molar-refractivity contribution in [3.63, 3.8) is 0 Å². The number of aliphatic hydroxyl groups excluding tert-OH is 2. The van der Waals surface area contributed by atoms with Crippen molar-refractivity contribution in [2.24, 2.45) is 0 Å². The Bertz CT molecular complexity index is 324. The molecule has 0 atom stereocenters. The van der Waals surface area contributed by atoms with Crippen molar-refractivity contribution < 1.29 is 24.8 Å². The summed E-state index contributed by atoms with van der Waals surface area (Å²) >= 11 is 0. The van der Waals surface area contributed by atoms with Gasteiger partial charge in [0, 0.05) is 6.92 Å². The zero-order chi connectivity index (χ0) is 23.5. The Balaban J connectivity index is -0.0000000423. The second-order valence-corrected chi connectivity index (χ2v) is 2.42. The third kappa shape index (κ3) is 84.4. The van der Waals surface area contributed by atoms with E-state index < -0.39 is 5.97 Å². The molecular weight excluding hydrogens is 344 g/mol. The number of aliphatic hydroxyl groups is 2. The van der Waals surface area contributed by atoms with Crippen LogP contribution in [-0.4, -0.2) is 29.4 Å². The summed E-state index contributed by atoms with van der Waals surface area (Å²) in [7, 11) is 0. The highest BCUT2D eigenvalue weighted by Crippen LogP contribution is 2.07. The van der Waals surface area contributed by atoms with Crippen LogP contribution in [0, 0.1) is 0 Å². The van der Waals surface area contributed by atoms with E-state index in [1.807, 2.05) is 6.07 Å². The molecule has 0 aliphatic heterocycles. The van der Waals surface area contributed by atoms with E-state index in [0.29, 0.717) is 5.75 Å². The topological polar surface area (TPSA) is 76.0 Å². The monoisotopic (exact) mass is 382 g/mol. The zero-order valence-electron chi connectivity index (χ0n) is 16.9. The van der Waals surface area contributed by atoms with Crippen LogP contribution in [0.3, 0.4) is 0 Å². The van der Waals surface area contributed by atoms with Crippen LogP contribution in [0.25, 0.3) is 0 Å². The molecule has 1 aromatic carbocycles. The smallest absolute Gasteiger partial charge is 0.352 e. The molecule has 1 aromatic rings. The van der Waals surface area contributed by atoms with E-state index in [4.69, 9.17) is 10.2 Å². The fourth-order valence-electron chi connectivity index (χ4n) is 0.583. The lowest BCUT2D eigenvalue weighted by atomic mass is 10.3. The Hall–Kier alpha value is -3.15. The molecule has 0 fully saturated rings. The summed E-state index contributed by atoms with van der Waals surface area (Å²) in [5.41, 5.74) is 0. The molecule has 0 spiro atoms. The standard InChI is InChI=1S/C8H8O3.C2H6O2.6C2H4/c1-7(9)10-11-8-5-3-2-4-6-8;3-1-2-4;6*1-2/h2-6H,1H3;3-4H,1-2H2;6*1-2H2. The molecule has 5 nitrogen and oxygen atoms in total. The first-order valence-electron chi connectivity index (χ1n) is 7.32. The van der Waals surface area contributed by atoms with Crippen molar-refractivity contribution in [3.05, 3.63) is 109 Å². The minimum atomic E-state index is -0.464. The molecule has 1 rings (SSSR count). The third-order valence-corrected chi connectivity index (χ3v) is 1.10. The summed E-state index contributed by atoms with van der Waals surface area (Å²) in [4.78, 5) is 19.2. The predicted octanol–water partition coefficient (Wildman–Crippen LogP) is 5.33. The fraction of sp³-hybridized carbons (Fsp3) is 0.136. The van der Waals surface area contributed by atoms with Gasteiger partial charge in [-0.1, -0.05) is 18.2 Å². The Morgan fingerprint density at radius 3 is 1.26 bits per heavy atom. The number of hydrogen-bond acceptors (Lipinski definition) is 5. The van der Waals surface area contributed by atoms with E-state index in [-0.39, 0.29) is 13.2 Å². The molecule has 0 heterocycles. The third-order valence-electron chi connectivity index (χ3n) is 1.10. The number of hydrogen-bond donors (Lipinski definition) is 2. The van der Waals surface area contributed by atoms with Crippen molar-refractivity contribution in [1.29, 1.82) is 0 Å². The maximum absolute atomic E-state index is 10.3. The first kappa shape index (κ1) is 43.9. The van der Waals surface area contributed by atoms with Crippen LogP contribution in [0.2, 0.25) is 0 Å². The summed E-state index contributed by atoms with van der Waals surface area (Å²) < 4.78 is 0. The van der Waals surface area contributed by atoms with Gasteiger partial charge in [-0.25, -0.2) is 4.79 Å². The zero-order valence-corrected chi connectivity index (χ0v) is 16.9. The summed E-state index contributed by atoms with van der Waals surface area (Å²) in [6.07, 6.45) is 0. The molecule has 0 aliphatic rings. The van der Waals surface area contributed by atoms with E-state index >= 15 is 0 Å². The van der Waals surface area contributed by atoms with Crippen molar-refractivity contribution >= 4 is 5.97 Å². The summed E-state index contributed by atoms with van der Waals surface area (Å²) in [6.45, 7) is 37.0. The van der Waals surface area contributed by atoms with Gasteiger partial charge in [-0.3, -0.25) is 9.78 Å². The highest BCUT2D eigenvalue weighted by molar-refractivity contribution is 5.65. The van der Waals surface area contributed by atoms with E-state index in [9.17, 15) is 4.79 Å². The Morgan fingerprint density at radius 2 is 1.04 bits per heavy atom. The molecule has 0 unspecified atom stereocenters. The fourth-order valence-corrected chi connectivity index (χ4v) is 0.583. The van der Waals surface area contributed by atoms with Gasteiger partial charge in [0.05, 0.1) is 13.2 Å². The number of para-hydroxylation sites is 1.